The van der Waals surface area contributed by atoms with Gasteiger partial charge >= 0.3 is 0 Å². The predicted molar refractivity (Wildman–Crippen MR) is 123 cm³/mol. The zero-order valence-corrected chi connectivity index (χ0v) is 19.1. The fraction of sp³-hybridized carbons (Fsp3) is 0.435. The first kappa shape index (κ1) is 24.7. The number of amides is 4. The summed E-state index contributed by atoms with van der Waals surface area (Å²) in [4.78, 5) is 58.2. The number of benzene rings is 1. The molecule has 0 saturated carbocycles. The Labute approximate surface area is 197 Å². The molecule has 34 heavy (non-hydrogen) atoms. The lowest BCUT2D eigenvalue weighted by atomic mass is 10.1. The topological polar surface area (TPSA) is 146 Å². The number of rotatable bonds is 2. The van der Waals surface area contributed by atoms with Crippen LogP contribution in [0.5, 0.6) is 5.75 Å². The highest BCUT2D eigenvalue weighted by atomic mass is 16.5. The summed E-state index contributed by atoms with van der Waals surface area (Å²) in [5.74, 6) is -0.746. The number of fused-ring (bicyclic) bond motifs is 2. The largest absolute Gasteiger partial charge is 0.492 e. The predicted octanol–water partition coefficient (Wildman–Crippen LogP) is 0.00430. The molecule has 1 atom stereocenters. The van der Waals surface area contributed by atoms with Gasteiger partial charge in [-0.25, -0.2) is 4.98 Å². The molecule has 2 heterocycles. The highest BCUT2D eigenvalue weighted by Gasteiger charge is 2.23. The number of H-pyrrole nitrogens is 1. The number of nitrogens with one attached hydrogen (secondary N) is 4. The number of imidazole rings is 1. The van der Waals surface area contributed by atoms with Gasteiger partial charge in [0, 0.05) is 43.9 Å². The monoisotopic (exact) mass is 470 g/mol. The van der Waals surface area contributed by atoms with Gasteiger partial charge in [0.05, 0.1) is 19.4 Å². The van der Waals surface area contributed by atoms with E-state index in [4.69, 9.17) is 4.74 Å². The van der Waals surface area contributed by atoms with E-state index in [0.717, 1.165) is 0 Å². The van der Waals surface area contributed by atoms with Crippen LogP contribution in [0.3, 0.4) is 0 Å². The molecule has 2 aromatic rings. The lowest BCUT2D eigenvalue weighted by Crippen LogP contribution is -2.48. The third-order valence-corrected chi connectivity index (χ3v) is 5.32. The van der Waals surface area contributed by atoms with Gasteiger partial charge in [0.25, 0.3) is 5.91 Å². The van der Waals surface area contributed by atoms with Crippen LogP contribution >= 0.6 is 0 Å². The number of carbonyl (C=O) groups is 4. The molecule has 11 heteroatoms. The quantitative estimate of drug-likeness (QED) is 0.486. The number of aromatic nitrogens is 2. The molecule has 1 aromatic heterocycles. The van der Waals surface area contributed by atoms with E-state index in [-0.39, 0.29) is 43.8 Å². The van der Waals surface area contributed by atoms with Crippen LogP contribution in [0.2, 0.25) is 0 Å². The van der Waals surface area contributed by atoms with Crippen molar-refractivity contribution in [2.24, 2.45) is 0 Å². The summed E-state index contributed by atoms with van der Waals surface area (Å²) in [6.45, 7) is 2.60. The lowest BCUT2D eigenvalue weighted by Gasteiger charge is -2.21. The molecule has 2 bridgehead atoms. The van der Waals surface area contributed by atoms with Crippen LogP contribution in [-0.4, -0.2) is 77.3 Å². The van der Waals surface area contributed by atoms with Gasteiger partial charge in [-0.1, -0.05) is 6.07 Å². The minimum absolute atomic E-state index is 0.0398. The maximum atomic E-state index is 12.9. The highest BCUT2D eigenvalue weighted by molar-refractivity contribution is 5.97. The summed E-state index contributed by atoms with van der Waals surface area (Å²) in [5.41, 5.74) is 1.06. The maximum absolute atomic E-state index is 12.9. The highest BCUT2D eigenvalue weighted by Crippen LogP contribution is 2.14. The second-order valence-electron chi connectivity index (χ2n) is 7.97. The summed E-state index contributed by atoms with van der Waals surface area (Å²) in [6.07, 6.45) is 4.59. The van der Waals surface area contributed by atoms with Crippen molar-refractivity contribution in [1.29, 1.82) is 0 Å². The lowest BCUT2D eigenvalue weighted by molar-refractivity contribution is -0.134. The van der Waals surface area contributed by atoms with Gasteiger partial charge in [-0.2, -0.15) is 0 Å². The van der Waals surface area contributed by atoms with Crippen LogP contribution in [0, 0.1) is 0 Å². The van der Waals surface area contributed by atoms with Crippen molar-refractivity contribution in [3.8, 4) is 5.75 Å². The minimum Gasteiger partial charge on any atom is -0.492 e. The summed E-state index contributed by atoms with van der Waals surface area (Å²) >= 11 is 0. The molecule has 0 aliphatic carbocycles. The molecule has 1 aromatic carbocycles. The fourth-order valence-electron chi connectivity index (χ4n) is 3.49. The van der Waals surface area contributed by atoms with E-state index in [1.807, 2.05) is 0 Å². The molecule has 0 unspecified atom stereocenters. The Morgan fingerprint density at radius 1 is 1.18 bits per heavy atom. The molecule has 1 aliphatic rings. The number of ether oxygens (including phenoxy) is 1. The molecule has 11 nitrogen and oxygen atoms in total. The van der Waals surface area contributed by atoms with Crippen LogP contribution in [0.25, 0.3) is 0 Å². The molecular formula is C23H30N6O5. The van der Waals surface area contributed by atoms with Gasteiger partial charge in [-0.3, -0.25) is 19.2 Å². The van der Waals surface area contributed by atoms with E-state index in [1.54, 1.807) is 30.5 Å². The second kappa shape index (κ2) is 12.4. The fourth-order valence-corrected chi connectivity index (χ4v) is 3.49. The Morgan fingerprint density at radius 3 is 2.79 bits per heavy atom. The smallest absolute Gasteiger partial charge is 0.252 e. The second-order valence-corrected chi connectivity index (χ2v) is 7.97. The number of hydrogen-bond donors (Lipinski definition) is 4. The summed E-state index contributed by atoms with van der Waals surface area (Å²) in [6, 6.07) is 5.78. The van der Waals surface area contributed by atoms with Gasteiger partial charge in [0.2, 0.25) is 17.7 Å². The van der Waals surface area contributed by atoms with Gasteiger partial charge in [-0.05, 0) is 31.0 Å². The van der Waals surface area contributed by atoms with E-state index < -0.39 is 11.9 Å². The first-order valence-corrected chi connectivity index (χ1v) is 11.2. The van der Waals surface area contributed by atoms with Crippen molar-refractivity contribution in [3.63, 3.8) is 0 Å². The van der Waals surface area contributed by atoms with Crippen molar-refractivity contribution in [1.82, 2.24) is 30.8 Å². The molecule has 4 amide bonds. The third kappa shape index (κ3) is 7.61. The van der Waals surface area contributed by atoms with Crippen LogP contribution < -0.4 is 20.7 Å². The molecule has 0 fully saturated rings. The third-order valence-electron chi connectivity index (χ3n) is 5.32. The Morgan fingerprint density at radius 2 is 2.03 bits per heavy atom. The molecule has 1 aliphatic heterocycles. The molecule has 4 N–H and O–H groups in total. The van der Waals surface area contributed by atoms with Crippen molar-refractivity contribution in [2.45, 2.75) is 32.2 Å². The molecule has 3 rings (SSSR count). The van der Waals surface area contributed by atoms with Crippen molar-refractivity contribution < 1.29 is 23.9 Å². The van der Waals surface area contributed by atoms with Crippen molar-refractivity contribution >= 4 is 23.6 Å². The zero-order chi connectivity index (χ0) is 24.3. The van der Waals surface area contributed by atoms with Crippen LogP contribution in [-0.2, 0) is 20.8 Å². The molecular weight excluding hydrogens is 440 g/mol. The average Bonchev–Trinajstić information content (AvgIpc) is 3.33. The molecule has 0 saturated heterocycles. The Balaban J connectivity index is 1.74. The first-order valence-electron chi connectivity index (χ1n) is 11.2. The molecule has 0 radical (unpaired) electrons. The normalized spacial score (nSPS) is 18.9. The van der Waals surface area contributed by atoms with E-state index in [1.165, 1.54) is 18.2 Å². The Kier molecular flexibility index (Phi) is 9.01. The number of carbonyl (C=O) groups excluding carboxylic acids is 4. The van der Waals surface area contributed by atoms with E-state index >= 15 is 0 Å². The summed E-state index contributed by atoms with van der Waals surface area (Å²) in [7, 11) is 0. The maximum Gasteiger partial charge on any atom is 0.252 e. The van der Waals surface area contributed by atoms with Gasteiger partial charge in [-0.15, -0.1) is 0 Å². The van der Waals surface area contributed by atoms with Gasteiger partial charge in [0.15, 0.2) is 0 Å². The summed E-state index contributed by atoms with van der Waals surface area (Å²) < 4.78 is 5.65. The molecule has 182 valence electrons. The number of aromatic amines is 1. The van der Waals surface area contributed by atoms with Crippen molar-refractivity contribution in [3.05, 3.63) is 48.0 Å². The standard InChI is InChI=1S/C23H30N6O5/c1-16(30)29-9-3-2-7-26-23(33)20(12-18-13-24-15-27-18)28-22(32)17-5-4-6-19(11-17)34-10-8-25-21(31)14-29/h4-6,11,13,15,20H,2-3,7-10,12,14H2,1H3,(H,24,27)(H,25,31)(H,26,33)(H,28,32)/t20-/m0/s1. The van der Waals surface area contributed by atoms with Crippen molar-refractivity contribution in [2.75, 3.05) is 32.8 Å². The Hall–Kier alpha value is -3.89. The van der Waals surface area contributed by atoms with E-state index in [2.05, 4.69) is 25.9 Å². The van der Waals surface area contributed by atoms with Gasteiger partial charge in [0.1, 0.15) is 18.4 Å². The minimum atomic E-state index is -0.810. The number of nitrogens with zero attached hydrogens (tertiary/aromatic N) is 2. The van der Waals surface area contributed by atoms with Crippen LogP contribution in [0.15, 0.2) is 36.8 Å². The van der Waals surface area contributed by atoms with Crippen LogP contribution in [0.4, 0.5) is 0 Å². The summed E-state index contributed by atoms with van der Waals surface area (Å²) in [5, 5.41) is 8.36. The zero-order valence-electron chi connectivity index (χ0n) is 19.1. The number of hydrogen-bond acceptors (Lipinski definition) is 6. The average molecular weight is 471 g/mol. The van der Waals surface area contributed by atoms with E-state index in [0.29, 0.717) is 42.9 Å². The van der Waals surface area contributed by atoms with Gasteiger partial charge < -0.3 is 30.6 Å². The SMILES string of the molecule is CC(=O)N1CCCCNC(=O)[C@H](Cc2cnc[nH]2)NC(=O)c2cccc(c2)OCCNC(=O)C1. The molecule has 0 spiro atoms. The first-order chi connectivity index (χ1) is 16.4. The van der Waals surface area contributed by atoms with Crippen LogP contribution in [0.1, 0.15) is 35.8 Å². The Bertz CT molecular complexity index is 993. The van der Waals surface area contributed by atoms with E-state index in [9.17, 15) is 19.2 Å².